The summed E-state index contributed by atoms with van der Waals surface area (Å²) < 4.78 is 0. The number of benzene rings is 1. The van der Waals surface area contributed by atoms with E-state index < -0.39 is 0 Å². The highest BCUT2D eigenvalue weighted by Gasteiger charge is 2.15. The third kappa shape index (κ3) is 2.97. The summed E-state index contributed by atoms with van der Waals surface area (Å²) in [7, 11) is 0. The fourth-order valence-electron chi connectivity index (χ4n) is 1.61. The number of rotatable bonds is 4. The molecule has 1 amide bonds. The molecule has 1 aromatic rings. The van der Waals surface area contributed by atoms with Gasteiger partial charge in [-0.2, -0.15) is 0 Å². The molecule has 0 aromatic heterocycles. The quantitative estimate of drug-likeness (QED) is 0.878. The van der Waals surface area contributed by atoms with Crippen molar-refractivity contribution in [2.75, 3.05) is 18.0 Å². The molecule has 0 unspecified atom stereocenters. The number of amides is 1. The van der Waals surface area contributed by atoms with Crippen molar-refractivity contribution in [3.63, 3.8) is 0 Å². The van der Waals surface area contributed by atoms with Gasteiger partial charge < -0.3 is 10.6 Å². The van der Waals surface area contributed by atoms with E-state index >= 15 is 0 Å². The lowest BCUT2D eigenvalue weighted by Gasteiger charge is -2.23. The van der Waals surface area contributed by atoms with Gasteiger partial charge in [0.1, 0.15) is 0 Å². The lowest BCUT2D eigenvalue weighted by molar-refractivity contribution is -0.118. The van der Waals surface area contributed by atoms with Gasteiger partial charge in [0.15, 0.2) is 0 Å². The van der Waals surface area contributed by atoms with E-state index in [1.54, 1.807) is 4.90 Å². The maximum atomic E-state index is 11.8. The number of hydrogen-bond donors (Lipinski definition) is 1. The minimum absolute atomic E-state index is 0.0374. The van der Waals surface area contributed by atoms with Crippen LogP contribution in [0.25, 0.3) is 0 Å². The first-order valence-corrected chi connectivity index (χ1v) is 5.74. The number of carbonyl (C=O) groups excluding carboxylic acids is 1. The van der Waals surface area contributed by atoms with Crippen LogP contribution >= 0.6 is 11.6 Å². The van der Waals surface area contributed by atoms with Crippen LogP contribution in [-0.2, 0) is 4.79 Å². The summed E-state index contributed by atoms with van der Waals surface area (Å²) >= 11 is 5.94. The molecule has 2 N–H and O–H groups in total. The van der Waals surface area contributed by atoms with Crippen molar-refractivity contribution in [1.29, 1.82) is 0 Å². The van der Waals surface area contributed by atoms with E-state index in [-0.39, 0.29) is 5.91 Å². The standard InChI is InChI=1S/C12H17ClN2O/c1-3-15(12(16)6-7-14)11-8-10(13)5-4-9(11)2/h4-5,8H,3,6-7,14H2,1-2H3. The number of hydrogen-bond acceptors (Lipinski definition) is 2. The van der Waals surface area contributed by atoms with Gasteiger partial charge in [-0.15, -0.1) is 0 Å². The van der Waals surface area contributed by atoms with Crippen LogP contribution in [0.5, 0.6) is 0 Å². The molecule has 16 heavy (non-hydrogen) atoms. The van der Waals surface area contributed by atoms with Gasteiger partial charge in [-0.05, 0) is 31.5 Å². The maximum Gasteiger partial charge on any atom is 0.228 e. The van der Waals surface area contributed by atoms with Crippen LogP contribution in [-0.4, -0.2) is 19.0 Å². The minimum atomic E-state index is 0.0374. The average molecular weight is 241 g/mol. The lowest BCUT2D eigenvalue weighted by Crippen LogP contribution is -2.32. The second-order valence-electron chi connectivity index (χ2n) is 3.61. The molecule has 0 heterocycles. The summed E-state index contributed by atoms with van der Waals surface area (Å²) in [5.74, 6) is 0.0374. The predicted octanol–water partition coefficient (Wildman–Crippen LogP) is 2.35. The van der Waals surface area contributed by atoms with E-state index in [0.29, 0.717) is 24.5 Å². The molecular weight excluding hydrogens is 224 g/mol. The fourth-order valence-corrected chi connectivity index (χ4v) is 1.78. The van der Waals surface area contributed by atoms with Crippen molar-refractivity contribution >= 4 is 23.2 Å². The minimum Gasteiger partial charge on any atom is -0.330 e. The number of anilines is 1. The molecule has 0 aliphatic carbocycles. The van der Waals surface area contributed by atoms with Crippen molar-refractivity contribution in [3.8, 4) is 0 Å². The Morgan fingerprint density at radius 3 is 2.75 bits per heavy atom. The summed E-state index contributed by atoms with van der Waals surface area (Å²) in [6.45, 7) is 4.90. The zero-order valence-electron chi connectivity index (χ0n) is 9.66. The Morgan fingerprint density at radius 1 is 1.50 bits per heavy atom. The summed E-state index contributed by atoms with van der Waals surface area (Å²) in [4.78, 5) is 13.6. The zero-order valence-corrected chi connectivity index (χ0v) is 10.4. The van der Waals surface area contributed by atoms with Crippen LogP contribution in [0.3, 0.4) is 0 Å². The van der Waals surface area contributed by atoms with E-state index in [4.69, 9.17) is 17.3 Å². The first-order valence-electron chi connectivity index (χ1n) is 5.36. The molecule has 3 nitrogen and oxygen atoms in total. The third-order valence-electron chi connectivity index (χ3n) is 2.44. The van der Waals surface area contributed by atoms with E-state index in [2.05, 4.69) is 0 Å². The monoisotopic (exact) mass is 240 g/mol. The number of carbonyl (C=O) groups is 1. The van der Waals surface area contributed by atoms with Gasteiger partial charge in [-0.1, -0.05) is 17.7 Å². The normalized spacial score (nSPS) is 10.2. The second kappa shape index (κ2) is 5.87. The highest BCUT2D eigenvalue weighted by Crippen LogP contribution is 2.24. The SMILES string of the molecule is CCN(C(=O)CCN)c1cc(Cl)ccc1C. The Kier molecular flexibility index (Phi) is 4.77. The molecule has 1 aromatic carbocycles. The molecule has 4 heteroatoms. The van der Waals surface area contributed by atoms with Crippen LogP contribution < -0.4 is 10.6 Å². The summed E-state index contributed by atoms with van der Waals surface area (Å²) in [5, 5.41) is 0.639. The Bertz CT molecular complexity index is 379. The third-order valence-corrected chi connectivity index (χ3v) is 2.67. The van der Waals surface area contributed by atoms with Crippen LogP contribution in [0.1, 0.15) is 18.9 Å². The summed E-state index contributed by atoms with van der Waals surface area (Å²) in [6, 6.07) is 5.55. The smallest absolute Gasteiger partial charge is 0.228 e. The van der Waals surface area contributed by atoms with Gasteiger partial charge in [0.2, 0.25) is 5.91 Å². The van der Waals surface area contributed by atoms with Gasteiger partial charge in [-0.3, -0.25) is 4.79 Å². The van der Waals surface area contributed by atoms with E-state index in [9.17, 15) is 4.79 Å². The molecule has 0 radical (unpaired) electrons. The van der Waals surface area contributed by atoms with E-state index in [1.807, 2.05) is 32.0 Å². The van der Waals surface area contributed by atoms with Crippen molar-refractivity contribution < 1.29 is 4.79 Å². The molecule has 0 aliphatic rings. The van der Waals surface area contributed by atoms with Crippen molar-refractivity contribution in [2.45, 2.75) is 20.3 Å². The van der Waals surface area contributed by atoms with Gasteiger partial charge in [0.05, 0.1) is 0 Å². The highest BCUT2D eigenvalue weighted by molar-refractivity contribution is 6.31. The molecule has 1 rings (SSSR count). The molecule has 0 saturated heterocycles. The summed E-state index contributed by atoms with van der Waals surface area (Å²) in [5.41, 5.74) is 7.30. The van der Waals surface area contributed by atoms with Crippen LogP contribution in [0.2, 0.25) is 5.02 Å². The van der Waals surface area contributed by atoms with Crippen LogP contribution in [0.15, 0.2) is 18.2 Å². The Morgan fingerprint density at radius 2 is 2.19 bits per heavy atom. The van der Waals surface area contributed by atoms with Gasteiger partial charge in [0, 0.05) is 30.2 Å². The average Bonchev–Trinajstić information content (AvgIpc) is 2.24. The number of nitrogens with two attached hydrogens (primary N) is 1. The zero-order chi connectivity index (χ0) is 12.1. The maximum absolute atomic E-state index is 11.8. The number of nitrogens with zero attached hydrogens (tertiary/aromatic N) is 1. The lowest BCUT2D eigenvalue weighted by atomic mass is 10.1. The molecule has 0 aliphatic heterocycles. The molecule has 88 valence electrons. The van der Waals surface area contributed by atoms with Crippen LogP contribution in [0.4, 0.5) is 5.69 Å². The molecular formula is C12H17ClN2O. The Balaban J connectivity index is 3.03. The van der Waals surface area contributed by atoms with Crippen molar-refractivity contribution in [1.82, 2.24) is 0 Å². The first kappa shape index (κ1) is 13.0. The second-order valence-corrected chi connectivity index (χ2v) is 4.04. The first-order chi connectivity index (χ1) is 7.60. The molecule has 0 saturated carbocycles. The van der Waals surface area contributed by atoms with E-state index in [0.717, 1.165) is 11.3 Å². The topological polar surface area (TPSA) is 46.3 Å². The largest absolute Gasteiger partial charge is 0.330 e. The van der Waals surface area contributed by atoms with Gasteiger partial charge >= 0.3 is 0 Å². The molecule has 0 bridgehead atoms. The number of aryl methyl sites for hydroxylation is 1. The predicted molar refractivity (Wildman–Crippen MR) is 67.9 cm³/mol. The Labute approximate surface area is 101 Å². The molecule has 0 spiro atoms. The number of halogens is 1. The van der Waals surface area contributed by atoms with Crippen molar-refractivity contribution in [2.24, 2.45) is 5.73 Å². The molecule has 0 fully saturated rings. The van der Waals surface area contributed by atoms with Crippen molar-refractivity contribution in [3.05, 3.63) is 28.8 Å². The fraction of sp³-hybridized carbons (Fsp3) is 0.417. The van der Waals surface area contributed by atoms with E-state index in [1.165, 1.54) is 0 Å². The van der Waals surface area contributed by atoms with Gasteiger partial charge in [-0.25, -0.2) is 0 Å². The summed E-state index contributed by atoms with van der Waals surface area (Å²) in [6.07, 6.45) is 0.361. The molecule has 0 atom stereocenters. The van der Waals surface area contributed by atoms with Crippen LogP contribution in [0, 0.1) is 6.92 Å². The van der Waals surface area contributed by atoms with Gasteiger partial charge in [0.25, 0.3) is 0 Å². The highest BCUT2D eigenvalue weighted by atomic mass is 35.5. The Hall–Kier alpha value is -1.06.